The minimum Gasteiger partial charge on any atom is -0.481 e. The molecule has 2 N–H and O–H groups in total. The third-order valence-corrected chi connectivity index (χ3v) is 3.62. The number of carbonyl (C=O) groups excluding carboxylic acids is 1. The summed E-state index contributed by atoms with van der Waals surface area (Å²) < 4.78 is 31.2. The number of ether oxygens (including phenoxy) is 1. The van der Waals surface area contributed by atoms with Crippen LogP contribution in [0.2, 0.25) is 0 Å². The summed E-state index contributed by atoms with van der Waals surface area (Å²) in [5, 5.41) is 11.8. The van der Waals surface area contributed by atoms with Gasteiger partial charge < -0.3 is 15.2 Å². The summed E-state index contributed by atoms with van der Waals surface area (Å²) in [5.41, 5.74) is -1.28. The summed E-state index contributed by atoms with van der Waals surface area (Å²) in [7, 11) is 0. The van der Waals surface area contributed by atoms with Gasteiger partial charge in [0.25, 0.3) is 5.91 Å². The maximum atomic E-state index is 13.1. The number of benzene rings is 1. The molecule has 1 aliphatic heterocycles. The predicted octanol–water partition coefficient (Wildman–Crippen LogP) is 1.58. The molecular weight excluding hydrogens is 284 g/mol. The van der Waals surface area contributed by atoms with E-state index in [4.69, 9.17) is 4.74 Å². The van der Waals surface area contributed by atoms with Crippen LogP contribution < -0.4 is 5.32 Å². The number of nitrogens with one attached hydrogen (secondary N) is 1. The van der Waals surface area contributed by atoms with Crippen molar-refractivity contribution >= 4 is 11.9 Å². The minimum absolute atomic E-state index is 0.108. The second kappa shape index (κ2) is 6.17. The maximum Gasteiger partial charge on any atom is 0.311 e. The molecule has 0 atom stereocenters. The molecule has 114 valence electrons. The van der Waals surface area contributed by atoms with E-state index in [2.05, 4.69) is 5.32 Å². The number of aliphatic carboxylic acids is 1. The van der Waals surface area contributed by atoms with Gasteiger partial charge in [-0.3, -0.25) is 9.59 Å². The second-order valence-corrected chi connectivity index (χ2v) is 5.04. The number of carboxylic acids is 1. The van der Waals surface area contributed by atoms with Crippen molar-refractivity contribution < 1.29 is 28.2 Å². The molecule has 1 aromatic carbocycles. The summed E-state index contributed by atoms with van der Waals surface area (Å²) in [6.07, 6.45) is 0.556. The van der Waals surface area contributed by atoms with Crippen LogP contribution >= 0.6 is 0 Å². The number of hydrogen-bond acceptors (Lipinski definition) is 3. The molecule has 0 unspecified atom stereocenters. The smallest absolute Gasteiger partial charge is 0.311 e. The van der Waals surface area contributed by atoms with Crippen molar-refractivity contribution in [2.45, 2.75) is 12.8 Å². The van der Waals surface area contributed by atoms with E-state index in [1.165, 1.54) is 0 Å². The first-order chi connectivity index (χ1) is 9.93. The van der Waals surface area contributed by atoms with Crippen molar-refractivity contribution in [2.24, 2.45) is 5.41 Å². The van der Waals surface area contributed by atoms with Crippen LogP contribution in [0.5, 0.6) is 0 Å². The molecule has 0 bridgehead atoms. The van der Waals surface area contributed by atoms with Gasteiger partial charge in [0.1, 0.15) is 11.6 Å². The molecule has 2 rings (SSSR count). The van der Waals surface area contributed by atoms with E-state index >= 15 is 0 Å². The Bertz CT molecular complexity index is 536. The molecule has 7 heteroatoms. The van der Waals surface area contributed by atoms with Gasteiger partial charge in [-0.15, -0.1) is 0 Å². The first-order valence-electron chi connectivity index (χ1n) is 6.48. The lowest BCUT2D eigenvalue weighted by Crippen LogP contribution is -2.46. The van der Waals surface area contributed by atoms with E-state index in [0.717, 1.165) is 12.1 Å². The Kier molecular flexibility index (Phi) is 4.52. The number of rotatable bonds is 4. The minimum atomic E-state index is -1.10. The number of carbonyl (C=O) groups is 2. The molecule has 5 nitrogen and oxygen atoms in total. The molecule has 0 aliphatic carbocycles. The van der Waals surface area contributed by atoms with Crippen molar-refractivity contribution in [3.63, 3.8) is 0 Å². The Balaban J connectivity index is 2.06. The van der Waals surface area contributed by atoms with Crippen molar-refractivity contribution in [1.29, 1.82) is 0 Å². The first kappa shape index (κ1) is 15.4. The normalized spacial score (nSPS) is 17.2. The van der Waals surface area contributed by atoms with E-state index in [9.17, 15) is 23.5 Å². The standard InChI is InChI=1S/C14H15F2NO4/c15-10-5-9(6-11(16)7-10)12(18)17-8-14(13(19)20)1-3-21-4-2-14/h5-7H,1-4,8H2,(H,17,18)(H,19,20). The Morgan fingerprint density at radius 3 is 2.29 bits per heavy atom. The van der Waals surface area contributed by atoms with Crippen LogP contribution in [0.4, 0.5) is 8.78 Å². The highest BCUT2D eigenvalue weighted by Gasteiger charge is 2.40. The van der Waals surface area contributed by atoms with Crippen LogP contribution in [0.25, 0.3) is 0 Å². The fourth-order valence-corrected chi connectivity index (χ4v) is 2.26. The highest BCUT2D eigenvalue weighted by Crippen LogP contribution is 2.30. The van der Waals surface area contributed by atoms with Crippen molar-refractivity contribution in [1.82, 2.24) is 5.32 Å². The fraction of sp³-hybridized carbons (Fsp3) is 0.429. The van der Waals surface area contributed by atoms with Crippen LogP contribution in [0.1, 0.15) is 23.2 Å². The highest BCUT2D eigenvalue weighted by atomic mass is 19.1. The largest absolute Gasteiger partial charge is 0.481 e. The Morgan fingerprint density at radius 2 is 1.76 bits per heavy atom. The van der Waals surface area contributed by atoms with Gasteiger partial charge in [0.05, 0.1) is 5.41 Å². The fourth-order valence-electron chi connectivity index (χ4n) is 2.26. The molecule has 0 aromatic heterocycles. The Labute approximate surface area is 119 Å². The molecular formula is C14H15F2NO4. The maximum absolute atomic E-state index is 13.1. The monoisotopic (exact) mass is 299 g/mol. The molecule has 1 fully saturated rings. The quantitative estimate of drug-likeness (QED) is 0.885. The first-order valence-corrected chi connectivity index (χ1v) is 6.48. The zero-order valence-corrected chi connectivity index (χ0v) is 11.2. The number of halogens is 2. The molecule has 1 saturated heterocycles. The summed E-state index contributed by atoms with van der Waals surface area (Å²) in [4.78, 5) is 23.3. The zero-order valence-electron chi connectivity index (χ0n) is 11.2. The lowest BCUT2D eigenvalue weighted by Gasteiger charge is -2.33. The van der Waals surface area contributed by atoms with E-state index < -0.39 is 28.9 Å². The van der Waals surface area contributed by atoms with Crippen LogP contribution in [0, 0.1) is 17.0 Å². The predicted molar refractivity (Wildman–Crippen MR) is 68.8 cm³/mol. The van der Waals surface area contributed by atoms with Gasteiger partial charge in [-0.1, -0.05) is 0 Å². The average molecular weight is 299 g/mol. The van der Waals surface area contributed by atoms with Crippen LogP contribution in [-0.4, -0.2) is 36.7 Å². The SMILES string of the molecule is O=C(NCC1(C(=O)O)CCOCC1)c1cc(F)cc(F)c1. The summed E-state index contributed by atoms with van der Waals surface area (Å²) >= 11 is 0. The molecule has 1 amide bonds. The van der Waals surface area contributed by atoms with Gasteiger partial charge >= 0.3 is 5.97 Å². The average Bonchev–Trinajstić information content (AvgIpc) is 2.44. The van der Waals surface area contributed by atoms with Gasteiger partial charge in [-0.25, -0.2) is 8.78 Å². The topological polar surface area (TPSA) is 75.6 Å². The van der Waals surface area contributed by atoms with E-state index in [1.807, 2.05) is 0 Å². The molecule has 1 aromatic rings. The third-order valence-electron chi connectivity index (χ3n) is 3.62. The van der Waals surface area contributed by atoms with Gasteiger partial charge in [0, 0.05) is 31.4 Å². The van der Waals surface area contributed by atoms with Crippen LogP contribution in [0.3, 0.4) is 0 Å². The lowest BCUT2D eigenvalue weighted by molar-refractivity contribution is -0.154. The molecule has 1 aliphatic rings. The summed E-state index contributed by atoms with van der Waals surface area (Å²) in [5.74, 6) is -3.45. The number of amides is 1. The van der Waals surface area contributed by atoms with Gasteiger partial charge in [-0.05, 0) is 25.0 Å². The van der Waals surface area contributed by atoms with E-state index in [0.29, 0.717) is 19.3 Å². The Morgan fingerprint density at radius 1 is 1.19 bits per heavy atom. The molecule has 0 spiro atoms. The van der Waals surface area contributed by atoms with Crippen molar-refractivity contribution in [2.75, 3.05) is 19.8 Å². The van der Waals surface area contributed by atoms with E-state index in [-0.39, 0.29) is 24.9 Å². The van der Waals surface area contributed by atoms with Crippen LogP contribution in [-0.2, 0) is 9.53 Å². The van der Waals surface area contributed by atoms with E-state index in [1.54, 1.807) is 0 Å². The van der Waals surface area contributed by atoms with Gasteiger partial charge in [-0.2, -0.15) is 0 Å². The highest BCUT2D eigenvalue weighted by molar-refractivity contribution is 5.94. The lowest BCUT2D eigenvalue weighted by atomic mass is 9.80. The third kappa shape index (κ3) is 3.55. The molecule has 0 radical (unpaired) electrons. The summed E-state index contributed by atoms with van der Waals surface area (Å²) in [6.45, 7) is 0.496. The number of hydrogen-bond donors (Lipinski definition) is 2. The van der Waals surface area contributed by atoms with Gasteiger partial charge in [0.2, 0.25) is 0 Å². The van der Waals surface area contributed by atoms with Gasteiger partial charge in [0.15, 0.2) is 0 Å². The van der Waals surface area contributed by atoms with Crippen molar-refractivity contribution in [3.05, 3.63) is 35.4 Å². The molecule has 1 heterocycles. The van der Waals surface area contributed by atoms with Crippen LogP contribution in [0.15, 0.2) is 18.2 Å². The molecule has 0 saturated carbocycles. The summed E-state index contributed by atoms with van der Waals surface area (Å²) in [6, 6.07) is 2.46. The molecule has 21 heavy (non-hydrogen) atoms. The number of carboxylic acid groups (broad SMARTS) is 1. The zero-order chi connectivity index (χ0) is 15.5. The second-order valence-electron chi connectivity index (χ2n) is 5.04. The van der Waals surface area contributed by atoms with Crippen molar-refractivity contribution in [3.8, 4) is 0 Å². The Hall–Kier alpha value is -2.02.